The fourth-order valence-electron chi connectivity index (χ4n) is 9.04. The maximum atomic E-state index is 5.00. The molecule has 1 aromatic heterocycles. The zero-order valence-corrected chi connectivity index (χ0v) is 34.9. The molecule has 0 bridgehead atoms. The van der Waals surface area contributed by atoms with E-state index in [9.17, 15) is 0 Å². The third kappa shape index (κ3) is 6.83. The molecule has 0 fully saturated rings. The summed E-state index contributed by atoms with van der Waals surface area (Å²) in [5.41, 5.74) is 19.5. The molecule has 1 aliphatic heterocycles. The first-order chi connectivity index (χ1) is 31.7. The molecule has 0 saturated carbocycles. The minimum atomic E-state index is 0.0500. The molecule has 9 aromatic rings. The first-order valence-corrected chi connectivity index (χ1v) is 21.8. The highest BCUT2D eigenvalue weighted by molar-refractivity contribution is 6.11. The number of rotatable bonds is 9. The van der Waals surface area contributed by atoms with E-state index in [0.29, 0.717) is 0 Å². The first-order valence-electron chi connectivity index (χ1n) is 21.8. The van der Waals surface area contributed by atoms with Crippen LogP contribution in [0.15, 0.2) is 223 Å². The fourth-order valence-corrected chi connectivity index (χ4v) is 9.04. The Morgan fingerprint density at radius 2 is 1.14 bits per heavy atom. The van der Waals surface area contributed by atoms with Gasteiger partial charge in [-0.05, 0) is 132 Å². The molecule has 12 rings (SSSR count). The Morgan fingerprint density at radius 3 is 1.86 bits per heavy atom. The Hall–Kier alpha value is -8.33. The third-order valence-electron chi connectivity index (χ3n) is 12.3. The van der Waals surface area contributed by atoms with Crippen molar-refractivity contribution in [3.8, 4) is 16.8 Å². The topological polar surface area (TPSA) is 64.8 Å². The van der Waals surface area contributed by atoms with Crippen molar-refractivity contribution in [3.05, 3.63) is 229 Å². The van der Waals surface area contributed by atoms with E-state index >= 15 is 0 Å². The minimum absolute atomic E-state index is 0.0500. The first kappa shape index (κ1) is 37.4. The Morgan fingerprint density at radius 1 is 0.516 bits per heavy atom. The van der Waals surface area contributed by atoms with Crippen molar-refractivity contribution >= 4 is 67.7 Å². The van der Waals surface area contributed by atoms with Crippen LogP contribution in [0.1, 0.15) is 24.0 Å². The summed E-state index contributed by atoms with van der Waals surface area (Å²) in [5, 5.41) is 18.9. The van der Waals surface area contributed by atoms with Crippen molar-refractivity contribution in [3.63, 3.8) is 0 Å². The molecule has 3 aliphatic rings. The van der Waals surface area contributed by atoms with Crippen LogP contribution >= 0.6 is 0 Å². The molecule has 1 atom stereocenters. The van der Waals surface area contributed by atoms with Crippen molar-refractivity contribution in [2.24, 2.45) is 5.10 Å². The van der Waals surface area contributed by atoms with E-state index < -0.39 is 0 Å². The zero-order chi connectivity index (χ0) is 42.4. The summed E-state index contributed by atoms with van der Waals surface area (Å²) in [4.78, 5) is 6.35. The predicted octanol–water partition coefficient (Wildman–Crippen LogP) is 13.2. The molecule has 2 aliphatic carbocycles. The number of para-hydroxylation sites is 1. The van der Waals surface area contributed by atoms with Gasteiger partial charge >= 0.3 is 0 Å². The molecule has 1 N–H and O–H groups in total. The molecule has 0 amide bonds. The van der Waals surface area contributed by atoms with Gasteiger partial charge in [-0.1, -0.05) is 121 Å². The molecule has 8 nitrogen and oxygen atoms in total. The molecule has 8 aromatic carbocycles. The lowest BCUT2D eigenvalue weighted by Gasteiger charge is -2.28. The lowest BCUT2D eigenvalue weighted by atomic mass is 9.93. The van der Waals surface area contributed by atoms with E-state index in [2.05, 4.69) is 222 Å². The van der Waals surface area contributed by atoms with Gasteiger partial charge in [-0.3, -0.25) is 0 Å². The van der Waals surface area contributed by atoms with Gasteiger partial charge < -0.3 is 9.80 Å². The number of anilines is 6. The second-order valence-electron chi connectivity index (χ2n) is 16.2. The van der Waals surface area contributed by atoms with Gasteiger partial charge in [0.15, 0.2) is 0 Å². The van der Waals surface area contributed by atoms with Gasteiger partial charge in [0.25, 0.3) is 0 Å². The van der Waals surface area contributed by atoms with Gasteiger partial charge in [-0.2, -0.15) is 20.4 Å². The Bertz CT molecular complexity index is 3290. The molecule has 1 unspecified atom stereocenters. The van der Waals surface area contributed by atoms with E-state index in [1.807, 2.05) is 17.3 Å². The molecule has 0 spiro atoms. The molecule has 0 saturated heterocycles. The Balaban J connectivity index is 0.803. The van der Waals surface area contributed by atoms with Crippen LogP contribution in [0, 0.1) is 0 Å². The van der Waals surface area contributed by atoms with Gasteiger partial charge in [-0.25, -0.2) is 0 Å². The van der Waals surface area contributed by atoms with Gasteiger partial charge in [0.05, 0.1) is 23.1 Å². The largest absolute Gasteiger partial charge is 0.311 e. The van der Waals surface area contributed by atoms with E-state index in [4.69, 9.17) is 15.3 Å². The van der Waals surface area contributed by atoms with Crippen LogP contribution in [0.5, 0.6) is 0 Å². The SMILES string of the molecule is C1=CC(N(c2ccc(-c3ccc(N(c4ccccc4)c4ccc(-n5nc6ccc7ccccc7c6n5)cc4)cc3)cc2)c2ccc(N3N=C4c5ccccc5C=CC4N3)cc2)=CCC1. The van der Waals surface area contributed by atoms with E-state index in [1.54, 1.807) is 4.80 Å². The number of fused-ring (bicyclic) bond motifs is 6. The Labute approximate surface area is 371 Å². The number of nitrogens with zero attached hydrogens (tertiary/aromatic N) is 7. The summed E-state index contributed by atoms with van der Waals surface area (Å²) in [5.74, 6) is 0. The van der Waals surface area contributed by atoms with Crippen LogP contribution in [-0.2, 0) is 0 Å². The van der Waals surface area contributed by atoms with Gasteiger partial charge in [-0.15, -0.1) is 10.2 Å². The second kappa shape index (κ2) is 15.9. The van der Waals surface area contributed by atoms with E-state index in [1.165, 1.54) is 16.8 Å². The van der Waals surface area contributed by atoms with Gasteiger partial charge in [0.2, 0.25) is 0 Å². The summed E-state index contributed by atoms with van der Waals surface area (Å²) >= 11 is 0. The average Bonchev–Trinajstić information content (AvgIpc) is 4.02. The quantitative estimate of drug-likeness (QED) is 0.156. The highest BCUT2D eigenvalue weighted by Crippen LogP contribution is 2.38. The Kier molecular flexibility index (Phi) is 9.27. The molecule has 0 radical (unpaired) electrons. The van der Waals surface area contributed by atoms with Crippen LogP contribution in [-0.4, -0.2) is 26.7 Å². The lowest BCUT2D eigenvalue weighted by Crippen LogP contribution is -2.37. The van der Waals surface area contributed by atoms with Gasteiger partial charge in [0.1, 0.15) is 11.0 Å². The van der Waals surface area contributed by atoms with E-state index in [0.717, 1.165) is 91.3 Å². The van der Waals surface area contributed by atoms with E-state index in [-0.39, 0.29) is 6.04 Å². The number of hydrazone groups is 1. The zero-order valence-electron chi connectivity index (χ0n) is 34.9. The van der Waals surface area contributed by atoms with Crippen LogP contribution in [0.4, 0.5) is 34.1 Å². The number of hydrogen-bond donors (Lipinski definition) is 1. The minimum Gasteiger partial charge on any atom is -0.311 e. The number of hydrazine groups is 1. The molecular weight excluding hydrogens is 785 g/mol. The highest BCUT2D eigenvalue weighted by atomic mass is 15.7. The standard InChI is InChI=1S/C56H42N8/c1-3-13-43(14-4-1)61(47-29-33-49(34-30-47)63-57-53-37-23-41-11-7-9-17-51(41)55(53)59-63)45-25-19-39(20-26-45)40-21-27-46(28-22-40)62(44-15-5-2-6-16-44)48-31-35-50(36-32-48)64-58-54-38-24-42-12-8-10-18-52(42)56(54)60-64/h1,3-5,7-38,54,58H,2,6H2. The second-order valence-corrected chi connectivity index (χ2v) is 16.2. The third-order valence-corrected chi connectivity index (χ3v) is 12.3. The smallest absolute Gasteiger partial charge is 0.121 e. The van der Waals surface area contributed by atoms with Crippen molar-refractivity contribution in [2.45, 2.75) is 18.9 Å². The average molecular weight is 827 g/mol. The number of nitrogens with one attached hydrogen (secondary N) is 1. The molecule has 306 valence electrons. The van der Waals surface area contributed by atoms with Crippen LogP contribution in [0.3, 0.4) is 0 Å². The van der Waals surface area contributed by atoms with Crippen molar-refractivity contribution < 1.29 is 0 Å². The van der Waals surface area contributed by atoms with Gasteiger partial charge in [0, 0.05) is 45.1 Å². The summed E-state index contributed by atoms with van der Waals surface area (Å²) in [7, 11) is 0. The fraction of sp³-hybridized carbons (Fsp3) is 0.0536. The van der Waals surface area contributed by atoms with Crippen LogP contribution in [0.25, 0.3) is 44.7 Å². The number of allylic oxidation sites excluding steroid dienone is 3. The number of benzene rings is 8. The molecular formula is C56H42N8. The monoisotopic (exact) mass is 826 g/mol. The van der Waals surface area contributed by atoms with Crippen molar-refractivity contribution in [2.75, 3.05) is 14.9 Å². The normalized spacial score (nSPS) is 15.2. The summed E-state index contributed by atoms with van der Waals surface area (Å²) in [6.07, 6.45) is 13.2. The van der Waals surface area contributed by atoms with Crippen molar-refractivity contribution in [1.82, 2.24) is 20.4 Å². The molecule has 8 heteroatoms. The number of hydrogen-bond acceptors (Lipinski definition) is 7. The summed E-state index contributed by atoms with van der Waals surface area (Å²) in [6, 6.07) is 66.2. The highest BCUT2D eigenvalue weighted by Gasteiger charge is 2.30. The summed E-state index contributed by atoms with van der Waals surface area (Å²) < 4.78 is 0. The maximum Gasteiger partial charge on any atom is 0.121 e. The maximum absolute atomic E-state index is 5.00. The predicted molar refractivity (Wildman–Crippen MR) is 263 cm³/mol. The lowest BCUT2D eigenvalue weighted by molar-refractivity contribution is 0.700. The van der Waals surface area contributed by atoms with Crippen LogP contribution < -0.4 is 20.3 Å². The van der Waals surface area contributed by atoms with Crippen LogP contribution in [0.2, 0.25) is 0 Å². The molecule has 64 heavy (non-hydrogen) atoms. The summed E-state index contributed by atoms with van der Waals surface area (Å²) in [6.45, 7) is 0. The molecule has 2 heterocycles. The number of aromatic nitrogens is 3. The van der Waals surface area contributed by atoms with Crippen molar-refractivity contribution in [1.29, 1.82) is 0 Å².